The third kappa shape index (κ3) is 5.39. The summed E-state index contributed by atoms with van der Waals surface area (Å²) >= 11 is 0. The molecule has 4 amide bonds. The first-order valence-electron chi connectivity index (χ1n) is 10.3. The van der Waals surface area contributed by atoms with Crippen molar-refractivity contribution in [1.29, 1.82) is 0 Å². The lowest BCUT2D eigenvalue weighted by Gasteiger charge is -2.30. The van der Waals surface area contributed by atoms with Gasteiger partial charge in [-0.3, -0.25) is 29.5 Å². The van der Waals surface area contributed by atoms with Gasteiger partial charge in [0.25, 0.3) is 5.91 Å². The number of pyridine rings is 1. The summed E-state index contributed by atoms with van der Waals surface area (Å²) in [6, 6.07) is 7.30. The molecule has 0 aliphatic carbocycles. The van der Waals surface area contributed by atoms with E-state index in [4.69, 9.17) is 0 Å². The fourth-order valence-corrected chi connectivity index (χ4v) is 3.64. The van der Waals surface area contributed by atoms with Crippen LogP contribution in [0.1, 0.15) is 40.8 Å². The number of alkyl halides is 2. The van der Waals surface area contributed by atoms with Crippen molar-refractivity contribution in [3.63, 3.8) is 0 Å². The molecule has 1 saturated heterocycles. The molecule has 2 aromatic rings. The summed E-state index contributed by atoms with van der Waals surface area (Å²) in [5.74, 6) is -6.18. The number of benzene rings is 1. The third-order valence-electron chi connectivity index (χ3n) is 5.56. The molecular weight excluding hydrogens is 434 g/mol. The Kier molecular flexibility index (Phi) is 7.15. The van der Waals surface area contributed by atoms with E-state index in [0.29, 0.717) is 17.5 Å². The van der Waals surface area contributed by atoms with Gasteiger partial charge in [-0.25, -0.2) is 0 Å². The van der Waals surface area contributed by atoms with Gasteiger partial charge in [0.15, 0.2) is 0 Å². The van der Waals surface area contributed by atoms with E-state index in [-0.39, 0.29) is 37.4 Å². The van der Waals surface area contributed by atoms with Gasteiger partial charge in [0.2, 0.25) is 18.2 Å². The number of aromatic nitrogens is 1. The molecule has 0 spiro atoms. The molecular formula is C23H24F2N4O4. The van der Waals surface area contributed by atoms with Crippen LogP contribution in [0.4, 0.5) is 8.78 Å². The molecule has 1 unspecified atom stereocenters. The van der Waals surface area contributed by atoms with E-state index in [1.54, 1.807) is 18.2 Å². The molecule has 1 aromatic carbocycles. The Morgan fingerprint density at radius 1 is 1.27 bits per heavy atom. The van der Waals surface area contributed by atoms with E-state index in [2.05, 4.69) is 15.6 Å². The van der Waals surface area contributed by atoms with Crippen LogP contribution in [-0.4, -0.2) is 40.1 Å². The van der Waals surface area contributed by atoms with E-state index in [1.165, 1.54) is 30.2 Å². The Morgan fingerprint density at radius 3 is 2.70 bits per heavy atom. The zero-order valence-corrected chi connectivity index (χ0v) is 18.2. The second-order valence-electron chi connectivity index (χ2n) is 7.93. The molecule has 3 rings (SSSR count). The highest BCUT2D eigenvalue weighted by molar-refractivity contribution is 6.00. The number of imide groups is 1. The van der Waals surface area contributed by atoms with Crippen LogP contribution in [0.3, 0.4) is 0 Å². The molecule has 1 aliphatic rings. The average Bonchev–Trinajstić information content (AvgIpc) is 2.78. The predicted octanol–water partition coefficient (Wildman–Crippen LogP) is 1.87. The van der Waals surface area contributed by atoms with Gasteiger partial charge in [-0.05, 0) is 48.6 Å². The Morgan fingerprint density at radius 2 is 2.03 bits per heavy atom. The van der Waals surface area contributed by atoms with E-state index in [1.807, 2.05) is 6.92 Å². The Balaban J connectivity index is 1.70. The molecule has 1 atom stereocenters. The van der Waals surface area contributed by atoms with Gasteiger partial charge in [-0.2, -0.15) is 8.78 Å². The zero-order chi connectivity index (χ0) is 24.2. The molecule has 2 N–H and O–H groups in total. The quantitative estimate of drug-likeness (QED) is 0.464. The number of amides is 4. The lowest BCUT2D eigenvalue weighted by atomic mass is 10.0. The molecule has 1 fully saturated rings. The van der Waals surface area contributed by atoms with E-state index in [9.17, 15) is 28.0 Å². The average molecular weight is 458 g/mol. The summed E-state index contributed by atoms with van der Waals surface area (Å²) in [5.41, 5.74) is 1.66. The van der Waals surface area contributed by atoms with Crippen LogP contribution >= 0.6 is 0 Å². The van der Waals surface area contributed by atoms with Crippen LogP contribution in [0.25, 0.3) is 0 Å². The number of hydrogen-bond donors (Lipinski definition) is 2. The number of aryl methyl sites for hydroxylation is 2. The Hall–Kier alpha value is -3.69. The highest BCUT2D eigenvalue weighted by Gasteiger charge is 2.43. The summed E-state index contributed by atoms with van der Waals surface area (Å²) in [7, 11) is 0. The molecule has 8 nitrogen and oxygen atoms in total. The SMILES string of the molecule is Cc1ccc(CNC(=O)C(F)(F)c2ncccc2C)cc1CN(C=O)C1CCC(=O)NC1=O. The molecule has 1 aromatic heterocycles. The maximum Gasteiger partial charge on any atom is 0.366 e. The number of carbonyl (C=O) groups is 4. The summed E-state index contributed by atoms with van der Waals surface area (Å²) in [6.07, 6.45) is 2.11. The second-order valence-corrected chi connectivity index (χ2v) is 7.93. The predicted molar refractivity (Wildman–Crippen MR) is 114 cm³/mol. The van der Waals surface area contributed by atoms with Crippen molar-refractivity contribution < 1.29 is 28.0 Å². The Labute approximate surface area is 189 Å². The highest BCUT2D eigenvalue weighted by Crippen LogP contribution is 2.29. The lowest BCUT2D eigenvalue weighted by Crippen LogP contribution is -2.51. The molecule has 10 heteroatoms. The van der Waals surface area contributed by atoms with Gasteiger partial charge < -0.3 is 10.2 Å². The molecule has 174 valence electrons. The third-order valence-corrected chi connectivity index (χ3v) is 5.56. The van der Waals surface area contributed by atoms with Crippen LogP contribution in [0, 0.1) is 13.8 Å². The van der Waals surface area contributed by atoms with Crippen LogP contribution in [0.2, 0.25) is 0 Å². The van der Waals surface area contributed by atoms with E-state index >= 15 is 0 Å². The number of nitrogens with one attached hydrogen (secondary N) is 2. The van der Waals surface area contributed by atoms with Crippen molar-refractivity contribution >= 4 is 24.1 Å². The number of halogens is 2. The summed E-state index contributed by atoms with van der Waals surface area (Å²) in [4.78, 5) is 52.3. The minimum atomic E-state index is -3.79. The van der Waals surface area contributed by atoms with Crippen LogP contribution < -0.4 is 10.6 Å². The first-order valence-corrected chi connectivity index (χ1v) is 10.3. The number of hydrogen-bond acceptors (Lipinski definition) is 5. The van der Waals surface area contributed by atoms with E-state index < -0.39 is 29.5 Å². The summed E-state index contributed by atoms with van der Waals surface area (Å²) < 4.78 is 29.1. The fraction of sp³-hybridized carbons (Fsp3) is 0.348. The van der Waals surface area contributed by atoms with Crippen molar-refractivity contribution in [2.24, 2.45) is 0 Å². The minimum Gasteiger partial charge on any atom is -0.346 e. The largest absolute Gasteiger partial charge is 0.366 e. The molecule has 2 heterocycles. The maximum absolute atomic E-state index is 14.6. The van der Waals surface area contributed by atoms with Crippen molar-refractivity contribution in [3.8, 4) is 0 Å². The fourth-order valence-electron chi connectivity index (χ4n) is 3.64. The van der Waals surface area contributed by atoms with Crippen LogP contribution in [0.5, 0.6) is 0 Å². The van der Waals surface area contributed by atoms with Crippen molar-refractivity contribution in [2.75, 3.05) is 0 Å². The van der Waals surface area contributed by atoms with E-state index in [0.717, 1.165) is 5.56 Å². The minimum absolute atomic E-state index is 0.0900. The number of carbonyl (C=O) groups excluding carboxylic acids is 4. The topological polar surface area (TPSA) is 108 Å². The first kappa shape index (κ1) is 24.0. The number of piperidine rings is 1. The molecule has 0 bridgehead atoms. The van der Waals surface area contributed by atoms with Crippen LogP contribution in [0.15, 0.2) is 36.5 Å². The summed E-state index contributed by atoms with van der Waals surface area (Å²) in [6.45, 7) is 3.19. The van der Waals surface area contributed by atoms with Gasteiger partial charge in [-0.15, -0.1) is 0 Å². The molecule has 0 radical (unpaired) electrons. The normalized spacial score (nSPS) is 16.2. The van der Waals surface area contributed by atoms with Gasteiger partial charge in [0.1, 0.15) is 11.7 Å². The smallest absolute Gasteiger partial charge is 0.346 e. The molecule has 1 aliphatic heterocycles. The first-order chi connectivity index (χ1) is 15.6. The summed E-state index contributed by atoms with van der Waals surface area (Å²) in [5, 5.41) is 4.46. The Bertz CT molecular complexity index is 1090. The monoisotopic (exact) mass is 458 g/mol. The van der Waals surface area contributed by atoms with Crippen molar-refractivity contribution in [1.82, 2.24) is 20.5 Å². The zero-order valence-electron chi connectivity index (χ0n) is 18.2. The maximum atomic E-state index is 14.6. The van der Waals surface area contributed by atoms with Crippen LogP contribution in [-0.2, 0) is 38.2 Å². The van der Waals surface area contributed by atoms with Gasteiger partial charge in [0, 0.05) is 25.7 Å². The highest BCUT2D eigenvalue weighted by atomic mass is 19.3. The molecule has 33 heavy (non-hydrogen) atoms. The standard InChI is InChI=1S/C23H24F2N4O4/c1-14-5-6-16(11-27-22(33)23(24,25)20-15(2)4-3-9-26-20)10-17(14)12-29(13-30)18-7-8-19(31)28-21(18)32/h3-6,9-10,13,18H,7-8,11-12H2,1-2H3,(H,27,33)(H,28,31,32). The lowest BCUT2D eigenvalue weighted by molar-refractivity contribution is -0.147. The number of nitrogens with zero attached hydrogens (tertiary/aromatic N) is 2. The van der Waals surface area contributed by atoms with Crippen molar-refractivity contribution in [3.05, 3.63) is 64.5 Å². The molecule has 0 saturated carbocycles. The van der Waals surface area contributed by atoms with Gasteiger partial charge >= 0.3 is 5.92 Å². The van der Waals surface area contributed by atoms with Crippen molar-refractivity contribution in [2.45, 2.75) is 51.7 Å². The second kappa shape index (κ2) is 9.85. The number of rotatable bonds is 8. The van der Waals surface area contributed by atoms with Gasteiger partial charge in [0.05, 0.1) is 0 Å². The van der Waals surface area contributed by atoms with Gasteiger partial charge in [-0.1, -0.05) is 24.3 Å².